The van der Waals surface area contributed by atoms with Gasteiger partial charge in [-0.25, -0.2) is 9.78 Å². The van der Waals surface area contributed by atoms with Crippen LogP contribution in [0.25, 0.3) is 0 Å². The molecular weight excluding hydrogens is 262 g/mol. The number of hydrogen-bond donors (Lipinski definition) is 3. The Kier molecular flexibility index (Phi) is 4.88. The fourth-order valence-electron chi connectivity index (χ4n) is 1.62. The molecule has 0 unspecified atom stereocenters. The van der Waals surface area contributed by atoms with Gasteiger partial charge in [-0.15, -0.1) is 11.3 Å². The smallest absolute Gasteiger partial charge is 0.315 e. The fourth-order valence-corrected chi connectivity index (χ4v) is 2.18. The molecule has 0 radical (unpaired) electrons. The molecule has 19 heavy (non-hydrogen) atoms. The maximum atomic E-state index is 11.6. The number of aliphatic hydroxyl groups is 1. The number of thiazole rings is 1. The zero-order valence-electron chi connectivity index (χ0n) is 10.3. The van der Waals surface area contributed by atoms with Crippen LogP contribution in [-0.4, -0.2) is 16.1 Å². The molecule has 0 aliphatic rings. The first-order chi connectivity index (χ1) is 9.29. The van der Waals surface area contributed by atoms with Crippen molar-refractivity contribution in [2.24, 2.45) is 0 Å². The first-order valence-corrected chi connectivity index (χ1v) is 6.80. The highest BCUT2D eigenvalue weighted by Gasteiger charge is 2.04. The second kappa shape index (κ2) is 6.86. The lowest BCUT2D eigenvalue weighted by Crippen LogP contribution is -2.34. The molecule has 2 rings (SSSR count). The summed E-state index contributed by atoms with van der Waals surface area (Å²) in [5.74, 6) is 0. The van der Waals surface area contributed by atoms with Gasteiger partial charge in [-0.05, 0) is 11.1 Å². The highest BCUT2D eigenvalue weighted by atomic mass is 32.1. The summed E-state index contributed by atoms with van der Waals surface area (Å²) in [5.41, 5.74) is 4.30. The maximum Gasteiger partial charge on any atom is 0.315 e. The number of nitrogens with one attached hydrogen (secondary N) is 2. The van der Waals surface area contributed by atoms with E-state index in [1.807, 2.05) is 29.6 Å². The third kappa shape index (κ3) is 4.04. The van der Waals surface area contributed by atoms with Crippen LogP contribution in [0.1, 0.15) is 16.8 Å². The number of carbonyl (C=O) groups is 1. The Morgan fingerprint density at radius 2 is 1.95 bits per heavy atom. The number of carbonyl (C=O) groups excluding carboxylic acids is 1. The number of aliphatic hydroxyl groups excluding tert-OH is 1. The van der Waals surface area contributed by atoms with Crippen molar-refractivity contribution < 1.29 is 9.90 Å². The van der Waals surface area contributed by atoms with Gasteiger partial charge in [-0.1, -0.05) is 24.3 Å². The van der Waals surface area contributed by atoms with Crippen molar-refractivity contribution in [1.82, 2.24) is 15.6 Å². The Morgan fingerprint density at radius 1 is 1.21 bits per heavy atom. The molecule has 5 nitrogen and oxygen atoms in total. The maximum absolute atomic E-state index is 11.6. The van der Waals surface area contributed by atoms with E-state index in [2.05, 4.69) is 15.6 Å². The van der Waals surface area contributed by atoms with Gasteiger partial charge in [0.15, 0.2) is 0 Å². The van der Waals surface area contributed by atoms with E-state index in [9.17, 15) is 9.90 Å². The summed E-state index contributed by atoms with van der Waals surface area (Å²) in [5, 5.41) is 16.5. The third-order valence-electron chi connectivity index (χ3n) is 2.64. The predicted molar refractivity (Wildman–Crippen MR) is 73.6 cm³/mol. The summed E-state index contributed by atoms with van der Waals surface area (Å²) in [6, 6.07) is 7.21. The lowest BCUT2D eigenvalue weighted by molar-refractivity contribution is 0.239. The number of nitrogens with zero attached hydrogens (tertiary/aromatic N) is 1. The van der Waals surface area contributed by atoms with Gasteiger partial charge < -0.3 is 15.7 Å². The normalized spacial score (nSPS) is 10.2. The van der Waals surface area contributed by atoms with Crippen LogP contribution in [0.2, 0.25) is 0 Å². The van der Waals surface area contributed by atoms with Gasteiger partial charge in [0, 0.05) is 11.9 Å². The van der Waals surface area contributed by atoms with Crippen LogP contribution in [0, 0.1) is 0 Å². The number of amides is 2. The molecule has 0 bridgehead atoms. The van der Waals surface area contributed by atoms with Crippen LogP contribution in [0.5, 0.6) is 0 Å². The van der Waals surface area contributed by atoms with Gasteiger partial charge in [0.2, 0.25) is 0 Å². The van der Waals surface area contributed by atoms with E-state index >= 15 is 0 Å². The molecule has 1 aromatic heterocycles. The minimum absolute atomic E-state index is 0.0295. The Morgan fingerprint density at radius 3 is 2.63 bits per heavy atom. The topological polar surface area (TPSA) is 74.2 Å². The molecule has 0 saturated heterocycles. The van der Waals surface area contributed by atoms with Gasteiger partial charge in [-0.2, -0.15) is 0 Å². The van der Waals surface area contributed by atoms with Crippen molar-refractivity contribution in [3.05, 3.63) is 52.0 Å². The Hall–Kier alpha value is -1.92. The van der Waals surface area contributed by atoms with E-state index in [1.165, 1.54) is 11.3 Å². The van der Waals surface area contributed by atoms with E-state index in [4.69, 9.17) is 0 Å². The Bertz CT molecular complexity index is 528. The zero-order valence-corrected chi connectivity index (χ0v) is 11.1. The van der Waals surface area contributed by atoms with E-state index in [0.717, 1.165) is 16.8 Å². The SMILES string of the molecule is O=C(NCc1cscn1)NCc1ccccc1CO. The average molecular weight is 277 g/mol. The standard InChI is InChI=1S/C13H15N3O2S/c17-7-11-4-2-1-3-10(11)5-14-13(18)15-6-12-8-19-9-16-12/h1-4,8-9,17H,5-7H2,(H2,14,15,18). The minimum atomic E-state index is -0.249. The van der Waals surface area contributed by atoms with E-state index < -0.39 is 0 Å². The largest absolute Gasteiger partial charge is 0.392 e. The van der Waals surface area contributed by atoms with E-state index in [0.29, 0.717) is 13.1 Å². The van der Waals surface area contributed by atoms with Crippen molar-refractivity contribution in [3.63, 3.8) is 0 Å². The molecule has 2 amide bonds. The number of rotatable bonds is 5. The molecule has 100 valence electrons. The Balaban J connectivity index is 1.80. The second-order valence-corrected chi connectivity index (χ2v) is 4.66. The minimum Gasteiger partial charge on any atom is -0.392 e. The third-order valence-corrected chi connectivity index (χ3v) is 3.28. The van der Waals surface area contributed by atoms with Gasteiger partial charge >= 0.3 is 6.03 Å². The first-order valence-electron chi connectivity index (χ1n) is 5.86. The van der Waals surface area contributed by atoms with Crippen LogP contribution in [-0.2, 0) is 19.7 Å². The number of hydrogen-bond acceptors (Lipinski definition) is 4. The lowest BCUT2D eigenvalue weighted by Gasteiger charge is -2.09. The molecule has 3 N–H and O–H groups in total. The molecule has 0 aliphatic heterocycles. The molecule has 0 saturated carbocycles. The van der Waals surface area contributed by atoms with Crippen LogP contribution in [0.15, 0.2) is 35.2 Å². The molecule has 2 aromatic rings. The molecule has 0 aliphatic carbocycles. The summed E-state index contributed by atoms with van der Waals surface area (Å²) in [6.07, 6.45) is 0. The predicted octanol–water partition coefficient (Wildman–Crippen LogP) is 1.63. The lowest BCUT2D eigenvalue weighted by atomic mass is 10.1. The van der Waals surface area contributed by atoms with Gasteiger partial charge in [-0.3, -0.25) is 0 Å². The van der Waals surface area contributed by atoms with Crippen molar-refractivity contribution in [3.8, 4) is 0 Å². The highest BCUT2D eigenvalue weighted by molar-refractivity contribution is 7.07. The molecule has 0 atom stereocenters. The monoisotopic (exact) mass is 277 g/mol. The summed E-state index contributed by atoms with van der Waals surface area (Å²) in [4.78, 5) is 15.7. The van der Waals surface area contributed by atoms with Crippen LogP contribution < -0.4 is 10.6 Å². The number of urea groups is 1. The average Bonchev–Trinajstić information content (AvgIpc) is 2.96. The van der Waals surface area contributed by atoms with Crippen molar-refractivity contribution in [2.75, 3.05) is 0 Å². The molecule has 0 fully saturated rings. The molecule has 1 heterocycles. The number of aromatic nitrogens is 1. The summed E-state index contributed by atoms with van der Waals surface area (Å²) < 4.78 is 0. The van der Waals surface area contributed by atoms with Crippen molar-refractivity contribution in [2.45, 2.75) is 19.7 Å². The number of benzene rings is 1. The highest BCUT2D eigenvalue weighted by Crippen LogP contribution is 2.07. The van der Waals surface area contributed by atoms with Crippen LogP contribution >= 0.6 is 11.3 Å². The van der Waals surface area contributed by atoms with Crippen molar-refractivity contribution >= 4 is 17.4 Å². The fraction of sp³-hybridized carbons (Fsp3) is 0.231. The zero-order chi connectivity index (χ0) is 13.5. The van der Waals surface area contributed by atoms with Gasteiger partial charge in [0.1, 0.15) is 0 Å². The summed E-state index contributed by atoms with van der Waals surface area (Å²) >= 11 is 1.50. The quantitative estimate of drug-likeness (QED) is 0.777. The summed E-state index contributed by atoms with van der Waals surface area (Å²) in [6.45, 7) is 0.773. The first kappa shape index (κ1) is 13.5. The van der Waals surface area contributed by atoms with Crippen molar-refractivity contribution in [1.29, 1.82) is 0 Å². The van der Waals surface area contributed by atoms with Crippen LogP contribution in [0.3, 0.4) is 0 Å². The summed E-state index contributed by atoms with van der Waals surface area (Å²) in [7, 11) is 0. The van der Waals surface area contributed by atoms with Gasteiger partial charge in [0.05, 0.1) is 24.4 Å². The van der Waals surface area contributed by atoms with Gasteiger partial charge in [0.25, 0.3) is 0 Å². The van der Waals surface area contributed by atoms with Crippen LogP contribution in [0.4, 0.5) is 4.79 Å². The van der Waals surface area contributed by atoms with E-state index in [-0.39, 0.29) is 12.6 Å². The molecule has 1 aromatic carbocycles. The Labute approximate surface area is 115 Å². The molecular formula is C13H15N3O2S. The van der Waals surface area contributed by atoms with E-state index in [1.54, 1.807) is 5.51 Å². The molecule has 6 heteroatoms. The molecule has 0 spiro atoms. The second-order valence-electron chi connectivity index (χ2n) is 3.94.